The molecule has 0 spiro atoms. The van der Waals surface area contributed by atoms with Crippen molar-refractivity contribution in [2.24, 2.45) is 5.92 Å². The highest BCUT2D eigenvalue weighted by atomic mass is 16.5. The lowest BCUT2D eigenvalue weighted by Crippen LogP contribution is -2.46. The zero-order valence-electron chi connectivity index (χ0n) is 15.1. The minimum absolute atomic E-state index is 0.0592. The van der Waals surface area contributed by atoms with Gasteiger partial charge in [0.1, 0.15) is 17.7 Å². The summed E-state index contributed by atoms with van der Waals surface area (Å²) in [6.45, 7) is 5.39. The summed E-state index contributed by atoms with van der Waals surface area (Å²) in [6.07, 6.45) is 9.05. The number of carboxylic acids is 1. The first-order chi connectivity index (χ1) is 12.7. The van der Waals surface area contributed by atoms with Crippen molar-refractivity contribution in [3.05, 3.63) is 42.7 Å². The summed E-state index contributed by atoms with van der Waals surface area (Å²) in [5.41, 5.74) is 0. The van der Waals surface area contributed by atoms with Gasteiger partial charge in [-0.25, -0.2) is 4.98 Å². The number of carboxylic acid groups (broad SMARTS) is 1. The molecule has 1 fully saturated rings. The van der Waals surface area contributed by atoms with Crippen molar-refractivity contribution >= 4 is 5.97 Å². The SMILES string of the molecule is CCCn1ccnc1CN1CC[C@@H](Oc2cccnc2)[C@H](CC(=O)O)C1. The summed E-state index contributed by atoms with van der Waals surface area (Å²) in [4.78, 5) is 22.1. The molecule has 0 amide bonds. The molecule has 7 heteroatoms. The number of aryl methyl sites for hydroxylation is 1. The molecule has 2 atom stereocenters. The fraction of sp³-hybridized carbons (Fsp3) is 0.526. The van der Waals surface area contributed by atoms with E-state index in [4.69, 9.17) is 4.74 Å². The van der Waals surface area contributed by atoms with Crippen molar-refractivity contribution in [2.75, 3.05) is 13.1 Å². The Balaban J connectivity index is 1.65. The van der Waals surface area contributed by atoms with Gasteiger partial charge in [-0.1, -0.05) is 6.92 Å². The van der Waals surface area contributed by atoms with Gasteiger partial charge in [0, 0.05) is 44.1 Å². The van der Waals surface area contributed by atoms with E-state index in [1.165, 1.54) is 0 Å². The quantitative estimate of drug-likeness (QED) is 0.781. The number of ether oxygens (including phenoxy) is 1. The third kappa shape index (κ3) is 4.82. The van der Waals surface area contributed by atoms with Gasteiger partial charge < -0.3 is 14.4 Å². The molecule has 0 bridgehead atoms. The van der Waals surface area contributed by atoms with Gasteiger partial charge in [0.2, 0.25) is 0 Å². The Morgan fingerprint density at radius 3 is 3.04 bits per heavy atom. The maximum absolute atomic E-state index is 11.3. The second-order valence-electron chi connectivity index (χ2n) is 6.76. The van der Waals surface area contributed by atoms with Crippen LogP contribution in [0.3, 0.4) is 0 Å². The maximum atomic E-state index is 11.3. The van der Waals surface area contributed by atoms with Crippen LogP contribution in [0, 0.1) is 5.92 Å². The molecule has 1 N–H and O–H groups in total. The van der Waals surface area contributed by atoms with Gasteiger partial charge in [0.25, 0.3) is 0 Å². The van der Waals surface area contributed by atoms with Crippen molar-refractivity contribution in [3.8, 4) is 5.75 Å². The van der Waals surface area contributed by atoms with Crippen LogP contribution in [0.5, 0.6) is 5.75 Å². The van der Waals surface area contributed by atoms with E-state index in [2.05, 4.69) is 26.4 Å². The van der Waals surface area contributed by atoms with Gasteiger partial charge in [0.05, 0.1) is 19.2 Å². The van der Waals surface area contributed by atoms with Gasteiger partial charge in [-0.3, -0.25) is 14.7 Å². The molecule has 1 aliphatic rings. The van der Waals surface area contributed by atoms with Crippen LogP contribution in [-0.2, 0) is 17.9 Å². The molecule has 2 aromatic heterocycles. The lowest BCUT2D eigenvalue weighted by molar-refractivity contribution is -0.139. The molecule has 1 saturated heterocycles. The number of hydrogen-bond donors (Lipinski definition) is 1. The number of imidazole rings is 1. The van der Waals surface area contributed by atoms with Crippen LogP contribution >= 0.6 is 0 Å². The molecule has 2 aromatic rings. The van der Waals surface area contributed by atoms with E-state index in [1.54, 1.807) is 12.4 Å². The third-order valence-electron chi connectivity index (χ3n) is 4.74. The van der Waals surface area contributed by atoms with Crippen molar-refractivity contribution in [2.45, 2.75) is 45.4 Å². The van der Waals surface area contributed by atoms with Crippen LogP contribution in [0.25, 0.3) is 0 Å². The van der Waals surface area contributed by atoms with Crippen molar-refractivity contribution < 1.29 is 14.6 Å². The summed E-state index contributed by atoms with van der Waals surface area (Å²) in [6, 6.07) is 3.68. The largest absolute Gasteiger partial charge is 0.488 e. The molecule has 0 aliphatic carbocycles. The van der Waals surface area contributed by atoms with Crippen LogP contribution in [0.2, 0.25) is 0 Å². The average Bonchev–Trinajstić information content (AvgIpc) is 3.05. The molecule has 0 saturated carbocycles. The first-order valence-corrected chi connectivity index (χ1v) is 9.16. The summed E-state index contributed by atoms with van der Waals surface area (Å²) in [5, 5.41) is 9.30. The first-order valence-electron chi connectivity index (χ1n) is 9.16. The van der Waals surface area contributed by atoms with E-state index < -0.39 is 5.97 Å². The molecule has 7 nitrogen and oxygen atoms in total. The van der Waals surface area contributed by atoms with Crippen LogP contribution in [-0.4, -0.2) is 49.7 Å². The predicted octanol–water partition coefficient (Wildman–Crippen LogP) is 2.43. The monoisotopic (exact) mass is 358 g/mol. The van der Waals surface area contributed by atoms with E-state index in [-0.39, 0.29) is 18.4 Å². The normalized spacial score (nSPS) is 20.8. The topological polar surface area (TPSA) is 80.5 Å². The third-order valence-corrected chi connectivity index (χ3v) is 4.74. The van der Waals surface area contributed by atoms with E-state index in [9.17, 15) is 9.90 Å². The Labute approximate surface area is 153 Å². The van der Waals surface area contributed by atoms with E-state index in [1.807, 2.05) is 24.5 Å². The van der Waals surface area contributed by atoms with Gasteiger partial charge in [-0.05, 0) is 25.0 Å². The number of piperidine rings is 1. The Kier molecular flexibility index (Phi) is 6.22. The standard InChI is InChI=1S/C19H26N4O3/c1-2-8-23-10-7-21-18(23)14-22-9-5-17(15(13-22)11-19(24)25)26-16-4-3-6-20-12-16/h3-4,6-7,10,12,15,17H,2,5,8-9,11,13-14H2,1H3,(H,24,25)/t15-,17-/m1/s1. The summed E-state index contributed by atoms with van der Waals surface area (Å²) in [7, 11) is 0. The second-order valence-corrected chi connectivity index (χ2v) is 6.76. The molecular formula is C19H26N4O3. The molecule has 0 unspecified atom stereocenters. The summed E-state index contributed by atoms with van der Waals surface area (Å²) < 4.78 is 8.21. The zero-order chi connectivity index (χ0) is 18.4. The van der Waals surface area contributed by atoms with E-state index in [0.717, 1.165) is 38.3 Å². The van der Waals surface area contributed by atoms with Crippen molar-refractivity contribution in [3.63, 3.8) is 0 Å². The van der Waals surface area contributed by atoms with Gasteiger partial charge in [-0.2, -0.15) is 0 Å². The van der Waals surface area contributed by atoms with Gasteiger partial charge in [-0.15, -0.1) is 0 Å². The van der Waals surface area contributed by atoms with Crippen LogP contribution < -0.4 is 4.74 Å². The molecule has 0 radical (unpaired) electrons. The van der Waals surface area contributed by atoms with Crippen LogP contribution in [0.1, 0.15) is 32.0 Å². The number of nitrogens with zero attached hydrogens (tertiary/aromatic N) is 4. The lowest BCUT2D eigenvalue weighted by Gasteiger charge is -2.37. The Hall–Kier alpha value is -2.41. The number of carbonyl (C=O) groups is 1. The lowest BCUT2D eigenvalue weighted by atomic mass is 9.91. The number of rotatable bonds is 8. The molecular weight excluding hydrogens is 332 g/mol. The van der Waals surface area contributed by atoms with Crippen molar-refractivity contribution in [1.29, 1.82) is 0 Å². The number of aromatic nitrogens is 3. The summed E-state index contributed by atoms with van der Waals surface area (Å²) in [5.74, 6) is 0.882. The molecule has 3 rings (SSSR count). The van der Waals surface area contributed by atoms with Gasteiger partial charge >= 0.3 is 5.97 Å². The number of likely N-dealkylation sites (tertiary alicyclic amines) is 1. The van der Waals surface area contributed by atoms with E-state index in [0.29, 0.717) is 12.3 Å². The minimum Gasteiger partial charge on any atom is -0.488 e. The van der Waals surface area contributed by atoms with Crippen molar-refractivity contribution in [1.82, 2.24) is 19.4 Å². The number of aliphatic carboxylic acids is 1. The first kappa shape index (κ1) is 18.4. The van der Waals surface area contributed by atoms with E-state index >= 15 is 0 Å². The molecule has 26 heavy (non-hydrogen) atoms. The number of pyridine rings is 1. The highest BCUT2D eigenvalue weighted by Crippen LogP contribution is 2.26. The highest BCUT2D eigenvalue weighted by Gasteiger charge is 2.33. The van der Waals surface area contributed by atoms with Crippen LogP contribution in [0.15, 0.2) is 36.9 Å². The Bertz CT molecular complexity index is 704. The molecule has 140 valence electrons. The molecule has 1 aliphatic heterocycles. The maximum Gasteiger partial charge on any atom is 0.303 e. The predicted molar refractivity (Wildman–Crippen MR) is 96.8 cm³/mol. The Morgan fingerprint density at radius 1 is 1.42 bits per heavy atom. The van der Waals surface area contributed by atoms with Crippen LogP contribution in [0.4, 0.5) is 0 Å². The fourth-order valence-corrected chi connectivity index (χ4v) is 3.53. The molecule has 0 aromatic carbocycles. The number of hydrogen-bond acceptors (Lipinski definition) is 5. The average molecular weight is 358 g/mol. The van der Waals surface area contributed by atoms with Gasteiger partial charge in [0.15, 0.2) is 0 Å². The zero-order valence-corrected chi connectivity index (χ0v) is 15.1. The fourth-order valence-electron chi connectivity index (χ4n) is 3.53. The highest BCUT2D eigenvalue weighted by molar-refractivity contribution is 5.67. The second kappa shape index (κ2) is 8.80. The smallest absolute Gasteiger partial charge is 0.303 e. The Morgan fingerprint density at radius 2 is 2.31 bits per heavy atom. The minimum atomic E-state index is -0.788. The molecule has 3 heterocycles. The summed E-state index contributed by atoms with van der Waals surface area (Å²) >= 11 is 0.